The Balaban J connectivity index is 1.05. The largest absolute Gasteiger partial charge is 0.311 e. The van der Waals surface area contributed by atoms with Crippen LogP contribution in [0.5, 0.6) is 0 Å². The molecule has 0 saturated heterocycles. The molecule has 9 rings (SSSR count). The molecule has 8 aromatic rings. The summed E-state index contributed by atoms with van der Waals surface area (Å²) in [5.74, 6) is 0. The van der Waals surface area contributed by atoms with Gasteiger partial charge in [0.05, 0.1) is 11.6 Å². The van der Waals surface area contributed by atoms with Gasteiger partial charge >= 0.3 is 0 Å². The second kappa shape index (κ2) is 11.6. The summed E-state index contributed by atoms with van der Waals surface area (Å²) in [6.07, 6.45) is 4.45. The number of hydrogen-bond donors (Lipinski definition) is 0. The molecule has 0 radical (unpaired) electrons. The van der Waals surface area contributed by atoms with Crippen LogP contribution in [-0.2, 0) is 5.41 Å². The number of nitrogens with zero attached hydrogens (tertiary/aromatic N) is 2. The second-order valence-electron chi connectivity index (χ2n) is 13.8. The Bertz CT molecular complexity index is 2650. The lowest BCUT2D eigenvalue weighted by atomic mass is 9.80. The number of anilines is 3. The quantitative estimate of drug-likeness (QED) is 0.134. The average molecular weight is 639 g/mol. The van der Waals surface area contributed by atoms with Crippen molar-refractivity contribution in [2.24, 2.45) is 0 Å². The van der Waals surface area contributed by atoms with Crippen molar-refractivity contribution < 1.29 is 0 Å². The van der Waals surface area contributed by atoms with E-state index >= 15 is 0 Å². The molecule has 2 heteroatoms. The van der Waals surface area contributed by atoms with Gasteiger partial charge < -0.3 is 4.90 Å². The molecule has 0 fully saturated rings. The molecular weight excluding hydrogens is 605 g/mol. The zero-order valence-electron chi connectivity index (χ0n) is 28.1. The minimum Gasteiger partial charge on any atom is -0.311 e. The van der Waals surface area contributed by atoms with E-state index in [1.165, 1.54) is 60.1 Å². The van der Waals surface area contributed by atoms with E-state index in [-0.39, 0.29) is 5.41 Å². The van der Waals surface area contributed by atoms with Crippen LogP contribution in [0.1, 0.15) is 41.7 Å². The van der Waals surface area contributed by atoms with E-state index in [2.05, 4.69) is 152 Å². The zero-order valence-corrected chi connectivity index (χ0v) is 28.1. The Hall–Kier alpha value is -6.43. The van der Waals surface area contributed by atoms with E-state index in [9.17, 15) is 5.26 Å². The Morgan fingerprint density at radius 2 is 1.12 bits per heavy atom. The summed E-state index contributed by atoms with van der Waals surface area (Å²) in [4.78, 5) is 2.21. The Morgan fingerprint density at radius 1 is 0.520 bits per heavy atom. The van der Waals surface area contributed by atoms with Crippen molar-refractivity contribution in [1.82, 2.24) is 0 Å². The van der Waals surface area contributed by atoms with Gasteiger partial charge in [0.1, 0.15) is 0 Å². The third kappa shape index (κ3) is 4.87. The maximum Gasteiger partial charge on any atom is 0.0991 e. The van der Waals surface area contributed by atoms with Gasteiger partial charge in [-0.1, -0.05) is 117 Å². The van der Waals surface area contributed by atoms with Crippen LogP contribution in [-0.4, -0.2) is 0 Å². The molecule has 0 unspecified atom stereocenters. The molecule has 0 amide bonds. The first-order valence-corrected chi connectivity index (χ1v) is 17.1. The normalized spacial score (nSPS) is 13.1. The molecule has 0 spiro atoms. The van der Waals surface area contributed by atoms with Crippen LogP contribution < -0.4 is 4.90 Å². The molecule has 0 atom stereocenters. The van der Waals surface area contributed by atoms with Crippen LogP contribution in [0, 0.1) is 11.3 Å². The predicted octanol–water partition coefficient (Wildman–Crippen LogP) is 13.0. The standard InChI is InChI=1S/C48H34N2/c1-48(2)44-28-34(16-15-32-17-23-40(24-18-32)50(39-11-4-3-5-12-39)41-25-19-33(31-49)20-26-41)27-36-21-22-37-29-38(30-45(48)47(37)46(36)44)43-14-8-10-35-9-6-7-13-42(35)43/h3-30H,1-2H3/b16-15+. The lowest BCUT2D eigenvalue weighted by Gasteiger charge is -2.25. The molecule has 0 aromatic heterocycles. The summed E-state index contributed by atoms with van der Waals surface area (Å²) in [6, 6.07) is 58.4. The highest BCUT2D eigenvalue weighted by molar-refractivity contribution is 6.16. The van der Waals surface area contributed by atoms with E-state index in [4.69, 9.17) is 0 Å². The summed E-state index contributed by atoms with van der Waals surface area (Å²) >= 11 is 0. The molecule has 1 aliphatic carbocycles. The van der Waals surface area contributed by atoms with Crippen LogP contribution in [0.4, 0.5) is 17.1 Å². The van der Waals surface area contributed by atoms with Gasteiger partial charge in [0.15, 0.2) is 0 Å². The predicted molar refractivity (Wildman–Crippen MR) is 211 cm³/mol. The summed E-state index contributed by atoms with van der Waals surface area (Å²) < 4.78 is 0. The van der Waals surface area contributed by atoms with Gasteiger partial charge in [-0.3, -0.25) is 0 Å². The lowest BCUT2D eigenvalue weighted by molar-refractivity contribution is 0.663. The van der Waals surface area contributed by atoms with Crippen molar-refractivity contribution in [2.75, 3.05) is 4.90 Å². The maximum atomic E-state index is 9.31. The van der Waals surface area contributed by atoms with Crippen molar-refractivity contribution in [1.29, 1.82) is 5.26 Å². The molecule has 0 bridgehead atoms. The first-order valence-electron chi connectivity index (χ1n) is 17.1. The molecule has 2 nitrogen and oxygen atoms in total. The van der Waals surface area contributed by atoms with Crippen LogP contribution in [0.3, 0.4) is 0 Å². The molecule has 0 saturated carbocycles. The van der Waals surface area contributed by atoms with Gasteiger partial charge in [-0.15, -0.1) is 0 Å². The summed E-state index contributed by atoms with van der Waals surface area (Å²) in [7, 11) is 0. The number of fused-ring (bicyclic) bond motifs is 1. The number of para-hydroxylation sites is 1. The fraction of sp³-hybridized carbons (Fsp3) is 0.0625. The molecule has 0 heterocycles. The van der Waals surface area contributed by atoms with E-state index < -0.39 is 0 Å². The van der Waals surface area contributed by atoms with Gasteiger partial charge in [-0.05, 0) is 132 Å². The Labute approximate surface area is 292 Å². The van der Waals surface area contributed by atoms with E-state index in [0.29, 0.717) is 5.56 Å². The maximum absolute atomic E-state index is 9.31. The summed E-state index contributed by atoms with van der Waals surface area (Å²) in [5.41, 5.74) is 11.3. The second-order valence-corrected chi connectivity index (χ2v) is 13.8. The molecule has 0 aliphatic heterocycles. The molecule has 0 N–H and O–H groups in total. The Kier molecular flexibility index (Phi) is 6.90. The first-order chi connectivity index (χ1) is 24.5. The molecule has 236 valence electrons. The van der Waals surface area contributed by atoms with Crippen molar-refractivity contribution in [3.63, 3.8) is 0 Å². The minimum absolute atomic E-state index is 0.126. The van der Waals surface area contributed by atoms with Gasteiger partial charge in [0, 0.05) is 22.5 Å². The topological polar surface area (TPSA) is 27.0 Å². The van der Waals surface area contributed by atoms with Crippen LogP contribution in [0.25, 0.3) is 55.6 Å². The number of rotatable bonds is 6. The van der Waals surface area contributed by atoms with Crippen molar-refractivity contribution >= 4 is 61.5 Å². The number of benzene rings is 8. The van der Waals surface area contributed by atoms with Crippen LogP contribution in [0.2, 0.25) is 0 Å². The van der Waals surface area contributed by atoms with Gasteiger partial charge in [-0.2, -0.15) is 5.26 Å². The molecular formula is C48H34N2. The SMILES string of the molecule is CC1(C)c2cc(/C=C/c3ccc(N(c4ccccc4)c4ccc(C#N)cc4)cc3)cc3ccc4cc(-c5cccc6ccccc56)cc1c4c23. The molecule has 8 aromatic carbocycles. The average Bonchev–Trinajstić information content (AvgIpc) is 3.40. The summed E-state index contributed by atoms with van der Waals surface area (Å²) in [5, 5.41) is 17.2. The summed E-state index contributed by atoms with van der Waals surface area (Å²) in [6.45, 7) is 4.75. The van der Waals surface area contributed by atoms with E-state index in [1.807, 2.05) is 42.5 Å². The zero-order chi connectivity index (χ0) is 33.8. The van der Waals surface area contributed by atoms with Crippen molar-refractivity contribution in [3.8, 4) is 17.2 Å². The van der Waals surface area contributed by atoms with Crippen molar-refractivity contribution in [2.45, 2.75) is 19.3 Å². The highest BCUT2D eigenvalue weighted by Gasteiger charge is 2.34. The number of hydrogen-bond acceptors (Lipinski definition) is 2. The van der Waals surface area contributed by atoms with Crippen LogP contribution in [0.15, 0.2) is 158 Å². The lowest BCUT2D eigenvalue weighted by Crippen LogP contribution is -2.15. The minimum atomic E-state index is -0.126. The molecule has 50 heavy (non-hydrogen) atoms. The smallest absolute Gasteiger partial charge is 0.0991 e. The third-order valence-electron chi connectivity index (χ3n) is 10.4. The van der Waals surface area contributed by atoms with E-state index in [1.54, 1.807) is 0 Å². The van der Waals surface area contributed by atoms with Gasteiger partial charge in [-0.25, -0.2) is 0 Å². The van der Waals surface area contributed by atoms with Crippen molar-refractivity contribution in [3.05, 3.63) is 186 Å². The number of nitriles is 1. The van der Waals surface area contributed by atoms with Crippen LogP contribution >= 0.6 is 0 Å². The molecule has 1 aliphatic rings. The van der Waals surface area contributed by atoms with Gasteiger partial charge in [0.2, 0.25) is 0 Å². The van der Waals surface area contributed by atoms with E-state index in [0.717, 1.165) is 22.6 Å². The monoisotopic (exact) mass is 638 g/mol. The van der Waals surface area contributed by atoms with Gasteiger partial charge in [0.25, 0.3) is 0 Å². The first kappa shape index (κ1) is 29.7. The third-order valence-corrected chi connectivity index (χ3v) is 10.4. The fourth-order valence-corrected chi connectivity index (χ4v) is 7.85. The Morgan fingerprint density at radius 3 is 1.86 bits per heavy atom. The fourth-order valence-electron chi connectivity index (χ4n) is 7.85. The highest BCUT2D eigenvalue weighted by atomic mass is 15.1. The highest BCUT2D eigenvalue weighted by Crippen LogP contribution is 2.51.